The van der Waals surface area contributed by atoms with Gasteiger partial charge in [-0.15, -0.1) is 22.7 Å². The minimum absolute atomic E-state index is 0.0367. The van der Waals surface area contributed by atoms with Gasteiger partial charge in [0.05, 0.1) is 28.5 Å². The van der Waals surface area contributed by atoms with Crippen molar-refractivity contribution in [2.75, 3.05) is 0 Å². The van der Waals surface area contributed by atoms with Crippen molar-refractivity contribution in [3.05, 3.63) is 38.0 Å². The van der Waals surface area contributed by atoms with Crippen molar-refractivity contribution in [3.63, 3.8) is 0 Å². The zero-order chi connectivity index (χ0) is 13.8. The zero-order valence-electron chi connectivity index (χ0n) is 10.7. The van der Waals surface area contributed by atoms with Gasteiger partial charge in [-0.1, -0.05) is 0 Å². The number of nitrogens with zero attached hydrogens (tertiary/aromatic N) is 1. The summed E-state index contributed by atoms with van der Waals surface area (Å²) in [6.45, 7) is 3.91. The average molecular weight is 294 g/mol. The molecule has 2 heterocycles. The molecule has 4 nitrogen and oxygen atoms in total. The summed E-state index contributed by atoms with van der Waals surface area (Å²) < 4.78 is 0. The van der Waals surface area contributed by atoms with E-state index in [-0.39, 0.29) is 11.7 Å². The maximum Gasteiger partial charge on any atom is 0.224 e. The van der Waals surface area contributed by atoms with Crippen molar-refractivity contribution in [1.82, 2.24) is 10.3 Å². The second-order valence-corrected chi connectivity index (χ2v) is 6.16. The van der Waals surface area contributed by atoms with Gasteiger partial charge in [-0.25, -0.2) is 4.98 Å². The second-order valence-electron chi connectivity index (χ2n) is 4.19. The molecule has 0 unspecified atom stereocenters. The summed E-state index contributed by atoms with van der Waals surface area (Å²) in [5.74, 6) is -0.0202. The molecule has 0 radical (unpaired) electrons. The second kappa shape index (κ2) is 6.08. The third-order valence-electron chi connectivity index (χ3n) is 2.50. The predicted molar refractivity (Wildman–Crippen MR) is 76.7 cm³/mol. The van der Waals surface area contributed by atoms with E-state index in [1.54, 1.807) is 17.4 Å². The molecular weight excluding hydrogens is 280 g/mol. The average Bonchev–Trinajstić information content (AvgIpc) is 2.96. The number of aromatic nitrogens is 1. The lowest BCUT2D eigenvalue weighted by atomic mass is 10.2. The molecule has 0 saturated carbocycles. The number of aryl methyl sites for hydroxylation is 1. The number of carbonyl (C=O) groups excluding carboxylic acids is 2. The van der Waals surface area contributed by atoms with Gasteiger partial charge in [0.25, 0.3) is 0 Å². The largest absolute Gasteiger partial charge is 0.350 e. The van der Waals surface area contributed by atoms with Gasteiger partial charge in [0.2, 0.25) is 5.91 Å². The van der Waals surface area contributed by atoms with E-state index in [2.05, 4.69) is 10.3 Å². The van der Waals surface area contributed by atoms with Crippen LogP contribution in [0.25, 0.3) is 0 Å². The molecule has 0 aliphatic carbocycles. The molecule has 2 aromatic rings. The Hall–Kier alpha value is -1.53. The lowest BCUT2D eigenvalue weighted by Crippen LogP contribution is -2.24. The van der Waals surface area contributed by atoms with Crippen LogP contribution in [0.5, 0.6) is 0 Å². The van der Waals surface area contributed by atoms with E-state index in [1.807, 2.05) is 17.7 Å². The number of nitrogens with one attached hydrogen (secondary N) is 1. The van der Waals surface area contributed by atoms with Crippen LogP contribution in [-0.2, 0) is 17.8 Å². The molecular formula is C13H14N2O2S2. The fraction of sp³-hybridized carbons (Fsp3) is 0.308. The number of Topliss-reactive ketones (excluding diaryl/α,β-unsaturated/α-hetero) is 1. The van der Waals surface area contributed by atoms with Gasteiger partial charge in [0.1, 0.15) is 0 Å². The molecule has 6 heteroatoms. The number of amides is 1. The quantitative estimate of drug-likeness (QED) is 0.862. The van der Waals surface area contributed by atoms with Gasteiger partial charge >= 0.3 is 0 Å². The van der Waals surface area contributed by atoms with Crippen LogP contribution in [-0.4, -0.2) is 16.7 Å². The van der Waals surface area contributed by atoms with Crippen LogP contribution >= 0.6 is 22.7 Å². The molecule has 100 valence electrons. The van der Waals surface area contributed by atoms with Crippen LogP contribution in [0.4, 0.5) is 0 Å². The van der Waals surface area contributed by atoms with Gasteiger partial charge in [-0.2, -0.15) is 0 Å². The highest BCUT2D eigenvalue weighted by Crippen LogP contribution is 2.15. The molecule has 0 spiro atoms. The summed E-state index contributed by atoms with van der Waals surface area (Å²) >= 11 is 2.95. The first-order chi connectivity index (χ1) is 9.04. The molecule has 2 rings (SSSR count). The summed E-state index contributed by atoms with van der Waals surface area (Å²) in [4.78, 5) is 27.9. The van der Waals surface area contributed by atoms with Crippen molar-refractivity contribution in [1.29, 1.82) is 0 Å². The SMILES string of the molecule is CC(=O)c1cc(CC(=O)NCc2csc(C)n2)cs1. The van der Waals surface area contributed by atoms with E-state index in [0.29, 0.717) is 17.8 Å². The van der Waals surface area contributed by atoms with Crippen LogP contribution < -0.4 is 5.32 Å². The van der Waals surface area contributed by atoms with Crippen molar-refractivity contribution in [3.8, 4) is 0 Å². The number of hydrogen-bond donors (Lipinski definition) is 1. The van der Waals surface area contributed by atoms with Crippen molar-refractivity contribution >= 4 is 34.4 Å². The van der Waals surface area contributed by atoms with E-state index >= 15 is 0 Å². The third-order valence-corrected chi connectivity index (χ3v) is 4.40. The molecule has 0 atom stereocenters. The first kappa shape index (κ1) is 13.9. The van der Waals surface area contributed by atoms with Crippen molar-refractivity contribution in [2.45, 2.75) is 26.8 Å². The number of rotatable bonds is 5. The Bertz CT molecular complexity index is 601. The Kier molecular flexibility index (Phi) is 4.44. The minimum atomic E-state index is -0.0569. The van der Waals surface area contributed by atoms with Crippen LogP contribution in [0.1, 0.15) is 32.9 Å². The molecule has 2 aromatic heterocycles. The summed E-state index contributed by atoms with van der Waals surface area (Å²) in [5.41, 5.74) is 1.76. The van der Waals surface area contributed by atoms with Gasteiger partial charge in [0, 0.05) is 5.38 Å². The molecule has 0 aromatic carbocycles. The highest BCUT2D eigenvalue weighted by molar-refractivity contribution is 7.12. The van der Waals surface area contributed by atoms with Crippen molar-refractivity contribution in [2.24, 2.45) is 0 Å². The van der Waals surface area contributed by atoms with Gasteiger partial charge in [0.15, 0.2) is 5.78 Å². The van der Waals surface area contributed by atoms with E-state index in [1.165, 1.54) is 18.3 Å². The van der Waals surface area contributed by atoms with E-state index in [9.17, 15) is 9.59 Å². The third kappa shape index (κ3) is 3.97. The summed E-state index contributed by atoms with van der Waals surface area (Å²) in [7, 11) is 0. The Balaban J connectivity index is 1.85. The zero-order valence-corrected chi connectivity index (χ0v) is 12.4. The number of hydrogen-bond acceptors (Lipinski definition) is 5. The first-order valence-electron chi connectivity index (χ1n) is 5.80. The van der Waals surface area contributed by atoms with Crippen LogP contribution in [0.15, 0.2) is 16.8 Å². The molecule has 0 fully saturated rings. The number of thiophene rings is 1. The summed E-state index contributed by atoms with van der Waals surface area (Å²) in [6, 6.07) is 1.78. The maximum atomic E-state index is 11.8. The van der Waals surface area contributed by atoms with Crippen LogP contribution in [0.3, 0.4) is 0 Å². The predicted octanol–water partition coefficient (Wildman–Crippen LogP) is 2.57. The lowest BCUT2D eigenvalue weighted by Gasteiger charge is -2.01. The minimum Gasteiger partial charge on any atom is -0.350 e. The summed E-state index contributed by atoms with van der Waals surface area (Å²) in [5, 5.41) is 7.61. The molecule has 1 amide bonds. The molecule has 0 aliphatic heterocycles. The van der Waals surface area contributed by atoms with E-state index in [4.69, 9.17) is 0 Å². The van der Waals surface area contributed by atoms with E-state index < -0.39 is 0 Å². The van der Waals surface area contributed by atoms with Crippen molar-refractivity contribution < 1.29 is 9.59 Å². The Labute approximate surface area is 119 Å². The fourth-order valence-electron chi connectivity index (χ4n) is 1.58. The highest BCUT2D eigenvalue weighted by Gasteiger charge is 2.08. The Morgan fingerprint density at radius 2 is 2.11 bits per heavy atom. The van der Waals surface area contributed by atoms with Gasteiger partial charge in [-0.3, -0.25) is 9.59 Å². The topological polar surface area (TPSA) is 59.1 Å². The normalized spacial score (nSPS) is 10.4. The van der Waals surface area contributed by atoms with Crippen LogP contribution in [0, 0.1) is 6.92 Å². The molecule has 19 heavy (non-hydrogen) atoms. The highest BCUT2D eigenvalue weighted by atomic mass is 32.1. The monoisotopic (exact) mass is 294 g/mol. The van der Waals surface area contributed by atoms with Gasteiger partial charge in [-0.05, 0) is 30.9 Å². The molecule has 0 saturated heterocycles. The van der Waals surface area contributed by atoms with Gasteiger partial charge < -0.3 is 5.32 Å². The number of thiazole rings is 1. The standard InChI is InChI=1S/C13H14N2O2S2/c1-8(16)12-3-10(6-19-12)4-13(17)14-5-11-7-18-9(2)15-11/h3,6-7H,4-5H2,1-2H3,(H,14,17). The van der Waals surface area contributed by atoms with Crippen LogP contribution in [0.2, 0.25) is 0 Å². The summed E-state index contributed by atoms with van der Waals surface area (Å²) in [6.07, 6.45) is 0.299. The lowest BCUT2D eigenvalue weighted by molar-refractivity contribution is -0.120. The molecule has 0 bridgehead atoms. The molecule has 1 N–H and O–H groups in total. The molecule has 0 aliphatic rings. The maximum absolute atomic E-state index is 11.8. The Morgan fingerprint density at radius 1 is 1.32 bits per heavy atom. The number of carbonyl (C=O) groups is 2. The smallest absolute Gasteiger partial charge is 0.224 e. The number of ketones is 1. The fourth-order valence-corrected chi connectivity index (χ4v) is 3.01. The Morgan fingerprint density at radius 3 is 2.68 bits per heavy atom. The van der Waals surface area contributed by atoms with E-state index in [0.717, 1.165) is 16.3 Å². The first-order valence-corrected chi connectivity index (χ1v) is 7.56.